The van der Waals surface area contributed by atoms with Crippen LogP contribution in [0.25, 0.3) is 0 Å². The van der Waals surface area contributed by atoms with Crippen molar-refractivity contribution in [1.29, 1.82) is 0 Å². The van der Waals surface area contributed by atoms with Crippen molar-refractivity contribution < 1.29 is 4.79 Å². The maximum Gasteiger partial charge on any atom is 0.229 e. The van der Waals surface area contributed by atoms with Crippen molar-refractivity contribution in [2.75, 3.05) is 0 Å². The molecule has 0 aromatic carbocycles. The van der Waals surface area contributed by atoms with Crippen LogP contribution in [0.5, 0.6) is 0 Å². The molecule has 1 aliphatic heterocycles. The Labute approximate surface area is 69.7 Å². The van der Waals surface area contributed by atoms with E-state index in [1.54, 1.807) is 0 Å². The van der Waals surface area contributed by atoms with Crippen LogP contribution in [0, 0.1) is 0 Å². The van der Waals surface area contributed by atoms with E-state index in [1.807, 2.05) is 0 Å². The summed E-state index contributed by atoms with van der Waals surface area (Å²) in [5.41, 5.74) is 0.539. The number of amides is 1. The van der Waals surface area contributed by atoms with Gasteiger partial charge in [0, 0.05) is 12.6 Å². The third-order valence-corrected chi connectivity index (χ3v) is 1.44. The maximum atomic E-state index is 10.8. The fraction of sp³-hybridized carbons (Fsp3) is 0.143. The molecule has 11 heavy (non-hydrogen) atoms. The van der Waals surface area contributed by atoms with Gasteiger partial charge in [0.1, 0.15) is 11.5 Å². The highest BCUT2D eigenvalue weighted by Crippen LogP contribution is 2.14. The summed E-state index contributed by atoms with van der Waals surface area (Å²) >= 11 is 5.55. The first kappa shape index (κ1) is 8.01. The van der Waals surface area contributed by atoms with E-state index in [0.717, 1.165) is 0 Å². The highest BCUT2D eigenvalue weighted by Gasteiger charge is 2.11. The third-order valence-electron chi connectivity index (χ3n) is 1.23. The minimum Gasteiger partial charge on any atom is -0.274 e. The standard InChI is InChI=1S/C7H7ClN2O/c1-5-3-7(8)9-4-10(5)6(2)11/h3-4H,1H2,2H3. The SMILES string of the molecule is C=C1C=C(Cl)N=CN1C(C)=O. The molecule has 0 radical (unpaired) electrons. The Hall–Kier alpha value is -1.09. The summed E-state index contributed by atoms with van der Waals surface area (Å²) in [5, 5.41) is 0.340. The number of rotatable bonds is 0. The van der Waals surface area contributed by atoms with Gasteiger partial charge in [-0.15, -0.1) is 0 Å². The van der Waals surface area contributed by atoms with Crippen LogP contribution in [0.1, 0.15) is 6.92 Å². The molecule has 0 atom stereocenters. The topological polar surface area (TPSA) is 32.7 Å². The lowest BCUT2D eigenvalue weighted by Gasteiger charge is -2.17. The zero-order valence-corrected chi connectivity index (χ0v) is 6.80. The fourth-order valence-electron chi connectivity index (χ4n) is 0.715. The summed E-state index contributed by atoms with van der Waals surface area (Å²) in [6.07, 6.45) is 2.88. The molecular weight excluding hydrogens is 164 g/mol. The van der Waals surface area contributed by atoms with Crippen LogP contribution in [0.15, 0.2) is 28.5 Å². The van der Waals surface area contributed by atoms with Gasteiger partial charge in [-0.2, -0.15) is 0 Å². The first-order chi connectivity index (χ1) is 5.11. The predicted octanol–water partition coefficient (Wildman–Crippen LogP) is 1.47. The normalized spacial score (nSPS) is 16.7. The Kier molecular flexibility index (Phi) is 2.10. The van der Waals surface area contributed by atoms with Crippen molar-refractivity contribution in [1.82, 2.24) is 4.90 Å². The molecule has 1 rings (SSSR count). The van der Waals surface area contributed by atoms with Crippen LogP contribution in [-0.2, 0) is 4.79 Å². The largest absolute Gasteiger partial charge is 0.274 e. The van der Waals surface area contributed by atoms with Crippen LogP contribution in [0.3, 0.4) is 0 Å². The van der Waals surface area contributed by atoms with Gasteiger partial charge in [-0.1, -0.05) is 18.2 Å². The molecule has 0 aliphatic carbocycles. The second-order valence-electron chi connectivity index (χ2n) is 2.09. The molecule has 3 nitrogen and oxygen atoms in total. The number of aliphatic imine (C=N–C) groups is 1. The van der Waals surface area contributed by atoms with E-state index in [-0.39, 0.29) is 5.91 Å². The number of nitrogens with zero attached hydrogens (tertiary/aromatic N) is 2. The van der Waals surface area contributed by atoms with E-state index in [1.165, 1.54) is 24.2 Å². The zero-order valence-electron chi connectivity index (χ0n) is 6.04. The van der Waals surface area contributed by atoms with Crippen molar-refractivity contribution >= 4 is 23.8 Å². The highest BCUT2D eigenvalue weighted by atomic mass is 35.5. The van der Waals surface area contributed by atoms with Crippen LogP contribution in [0.2, 0.25) is 0 Å². The number of carbonyl (C=O) groups is 1. The molecule has 0 fully saturated rings. The van der Waals surface area contributed by atoms with E-state index in [0.29, 0.717) is 10.9 Å². The maximum absolute atomic E-state index is 10.8. The molecule has 0 saturated heterocycles. The molecule has 0 N–H and O–H groups in total. The van der Waals surface area contributed by atoms with Gasteiger partial charge in [0.15, 0.2) is 0 Å². The van der Waals surface area contributed by atoms with Gasteiger partial charge < -0.3 is 0 Å². The monoisotopic (exact) mass is 170 g/mol. The van der Waals surface area contributed by atoms with E-state index in [4.69, 9.17) is 11.6 Å². The first-order valence-corrected chi connectivity index (χ1v) is 3.39. The number of hydrogen-bond acceptors (Lipinski definition) is 2. The Morgan fingerprint density at radius 2 is 2.45 bits per heavy atom. The third kappa shape index (κ3) is 1.68. The summed E-state index contributed by atoms with van der Waals surface area (Å²) in [4.78, 5) is 15.9. The summed E-state index contributed by atoms with van der Waals surface area (Å²) in [6.45, 7) is 5.06. The van der Waals surface area contributed by atoms with Crippen molar-refractivity contribution in [3.05, 3.63) is 23.5 Å². The first-order valence-electron chi connectivity index (χ1n) is 3.01. The molecule has 1 aliphatic rings. The Balaban J connectivity index is 2.86. The van der Waals surface area contributed by atoms with Gasteiger partial charge in [-0.25, -0.2) is 4.99 Å². The number of halogens is 1. The Morgan fingerprint density at radius 3 is 2.91 bits per heavy atom. The summed E-state index contributed by atoms with van der Waals surface area (Å²) in [5.74, 6) is -0.126. The number of allylic oxidation sites excluding steroid dienone is 1. The van der Waals surface area contributed by atoms with E-state index in [2.05, 4.69) is 11.6 Å². The van der Waals surface area contributed by atoms with Crippen LogP contribution in [-0.4, -0.2) is 17.1 Å². The molecule has 0 unspecified atom stereocenters. The Bertz CT molecular complexity index is 268. The highest BCUT2D eigenvalue weighted by molar-refractivity contribution is 6.30. The van der Waals surface area contributed by atoms with Gasteiger partial charge in [-0.3, -0.25) is 9.69 Å². The quantitative estimate of drug-likeness (QED) is 0.507. The molecule has 1 amide bonds. The van der Waals surface area contributed by atoms with Gasteiger partial charge >= 0.3 is 0 Å². The second kappa shape index (κ2) is 2.88. The summed E-state index contributed by atoms with van der Waals surface area (Å²) in [7, 11) is 0. The van der Waals surface area contributed by atoms with Gasteiger partial charge in [-0.05, 0) is 6.08 Å². The lowest BCUT2D eigenvalue weighted by molar-refractivity contribution is -0.123. The summed E-state index contributed by atoms with van der Waals surface area (Å²) in [6, 6.07) is 0. The number of carbonyl (C=O) groups excluding carboxylic acids is 1. The number of hydrogen-bond donors (Lipinski definition) is 0. The van der Waals surface area contributed by atoms with Crippen molar-refractivity contribution in [2.45, 2.75) is 6.92 Å². The van der Waals surface area contributed by atoms with Crippen molar-refractivity contribution in [2.24, 2.45) is 4.99 Å². The van der Waals surface area contributed by atoms with E-state index >= 15 is 0 Å². The molecule has 0 spiro atoms. The average molecular weight is 171 g/mol. The zero-order chi connectivity index (χ0) is 8.43. The van der Waals surface area contributed by atoms with Crippen LogP contribution in [0.4, 0.5) is 0 Å². The average Bonchev–Trinajstić information content (AvgIpc) is 1.85. The minimum atomic E-state index is -0.126. The minimum absolute atomic E-state index is 0.126. The molecule has 58 valence electrons. The molecule has 0 saturated carbocycles. The predicted molar refractivity (Wildman–Crippen MR) is 44.1 cm³/mol. The molecular formula is C7H7ClN2O. The smallest absolute Gasteiger partial charge is 0.229 e. The molecule has 0 bridgehead atoms. The van der Waals surface area contributed by atoms with Gasteiger partial charge in [0.2, 0.25) is 5.91 Å². The fourth-order valence-corrected chi connectivity index (χ4v) is 0.884. The van der Waals surface area contributed by atoms with Crippen LogP contribution >= 0.6 is 11.6 Å². The van der Waals surface area contributed by atoms with Crippen LogP contribution < -0.4 is 0 Å². The van der Waals surface area contributed by atoms with Gasteiger partial charge in [0.25, 0.3) is 0 Å². The van der Waals surface area contributed by atoms with E-state index in [9.17, 15) is 4.79 Å². The molecule has 0 aromatic heterocycles. The lowest BCUT2D eigenvalue weighted by atomic mass is 10.4. The molecule has 1 heterocycles. The molecule has 4 heteroatoms. The van der Waals surface area contributed by atoms with Crippen molar-refractivity contribution in [3.8, 4) is 0 Å². The summed E-state index contributed by atoms with van der Waals surface area (Å²) < 4.78 is 0. The lowest BCUT2D eigenvalue weighted by Crippen LogP contribution is -2.26. The molecule has 0 aromatic rings. The Morgan fingerprint density at radius 1 is 1.82 bits per heavy atom. The van der Waals surface area contributed by atoms with Gasteiger partial charge in [0.05, 0.1) is 0 Å². The van der Waals surface area contributed by atoms with Crippen molar-refractivity contribution in [3.63, 3.8) is 0 Å². The van der Waals surface area contributed by atoms with E-state index < -0.39 is 0 Å². The second-order valence-corrected chi connectivity index (χ2v) is 2.48.